The lowest BCUT2D eigenvalue weighted by molar-refractivity contribution is -0.133. The number of halogens is 2. The normalized spacial score (nSPS) is 10.9. The molecule has 0 radical (unpaired) electrons. The van der Waals surface area contributed by atoms with Crippen LogP contribution in [-0.2, 0) is 11.2 Å². The molecule has 0 spiro atoms. The van der Waals surface area contributed by atoms with Crippen LogP contribution in [0, 0.1) is 6.92 Å². The van der Waals surface area contributed by atoms with Crippen LogP contribution in [0.15, 0.2) is 47.1 Å². The Hall–Kier alpha value is -1.97. The number of aryl methyl sites for hydroxylation is 1. The van der Waals surface area contributed by atoms with Gasteiger partial charge in [0.1, 0.15) is 5.58 Å². The Balaban J connectivity index is 1.80. The van der Waals surface area contributed by atoms with Crippen molar-refractivity contribution >= 4 is 40.1 Å². The van der Waals surface area contributed by atoms with Gasteiger partial charge in [-0.1, -0.05) is 35.3 Å². The van der Waals surface area contributed by atoms with Crippen LogP contribution >= 0.6 is 23.2 Å². The number of fused-ring (bicyclic) bond motifs is 1. The number of hydrogen-bond donors (Lipinski definition) is 0. The number of rotatable bonds is 3. The predicted molar refractivity (Wildman–Crippen MR) is 86.8 cm³/mol. The highest BCUT2D eigenvalue weighted by Crippen LogP contribution is 2.28. The maximum absolute atomic E-state index is 12.1. The number of ether oxygens (including phenoxy) is 1. The van der Waals surface area contributed by atoms with Crippen molar-refractivity contribution in [2.24, 2.45) is 0 Å². The quantitative estimate of drug-likeness (QED) is 0.488. The molecule has 0 bridgehead atoms. The summed E-state index contributed by atoms with van der Waals surface area (Å²) in [5.74, 6) is -0.171. The molecule has 1 heterocycles. The predicted octanol–water partition coefficient (Wildman–Crippen LogP) is 5.20. The highest BCUT2D eigenvalue weighted by atomic mass is 35.5. The molecule has 0 aliphatic rings. The van der Waals surface area contributed by atoms with Gasteiger partial charge in [-0.15, -0.1) is 0 Å². The Morgan fingerprint density at radius 2 is 2.00 bits per heavy atom. The Kier molecular flexibility index (Phi) is 4.10. The molecule has 0 atom stereocenters. The fraction of sp³-hybridized carbons (Fsp3) is 0.118. The zero-order valence-electron chi connectivity index (χ0n) is 11.7. The summed E-state index contributed by atoms with van der Waals surface area (Å²) >= 11 is 11.9. The van der Waals surface area contributed by atoms with Crippen molar-refractivity contribution in [3.63, 3.8) is 0 Å². The average Bonchev–Trinajstić information content (AvgIpc) is 2.85. The van der Waals surface area contributed by atoms with Gasteiger partial charge in [0, 0.05) is 22.0 Å². The van der Waals surface area contributed by atoms with Crippen LogP contribution in [-0.4, -0.2) is 5.97 Å². The minimum Gasteiger partial charge on any atom is -0.464 e. The van der Waals surface area contributed by atoms with Crippen LogP contribution in [0.5, 0.6) is 5.75 Å². The lowest BCUT2D eigenvalue weighted by atomic mass is 10.1. The van der Waals surface area contributed by atoms with Crippen LogP contribution in [0.1, 0.15) is 11.1 Å². The lowest BCUT2D eigenvalue weighted by Crippen LogP contribution is -2.11. The Morgan fingerprint density at radius 3 is 2.82 bits per heavy atom. The van der Waals surface area contributed by atoms with Crippen LogP contribution in [0.3, 0.4) is 0 Å². The van der Waals surface area contributed by atoms with E-state index >= 15 is 0 Å². The summed E-state index contributed by atoms with van der Waals surface area (Å²) in [6, 6.07) is 10.6. The third kappa shape index (κ3) is 3.11. The molecular weight excluding hydrogens is 323 g/mol. The largest absolute Gasteiger partial charge is 0.464 e. The number of benzene rings is 2. The van der Waals surface area contributed by atoms with Crippen molar-refractivity contribution in [2.75, 3.05) is 0 Å². The van der Waals surface area contributed by atoms with Gasteiger partial charge < -0.3 is 9.15 Å². The second-order valence-corrected chi connectivity index (χ2v) is 5.83. The summed E-state index contributed by atoms with van der Waals surface area (Å²) in [5.41, 5.74) is 2.63. The first kappa shape index (κ1) is 14.9. The molecule has 5 heteroatoms. The highest BCUT2D eigenvalue weighted by Gasteiger charge is 2.14. The molecule has 3 nitrogen and oxygen atoms in total. The van der Waals surface area contributed by atoms with Crippen LogP contribution in [0.25, 0.3) is 11.0 Å². The molecule has 0 aliphatic heterocycles. The van der Waals surface area contributed by atoms with Crippen molar-refractivity contribution in [3.8, 4) is 5.75 Å². The third-order valence-electron chi connectivity index (χ3n) is 3.26. The zero-order valence-corrected chi connectivity index (χ0v) is 13.2. The molecule has 112 valence electrons. The van der Waals surface area contributed by atoms with E-state index in [0.717, 1.165) is 22.1 Å². The van der Waals surface area contributed by atoms with Crippen molar-refractivity contribution in [1.82, 2.24) is 0 Å². The number of hydrogen-bond acceptors (Lipinski definition) is 3. The van der Waals surface area contributed by atoms with Crippen molar-refractivity contribution in [3.05, 3.63) is 63.8 Å². The number of carbonyl (C=O) groups excluding carboxylic acids is 1. The molecular formula is C17H12Cl2O3. The van der Waals surface area contributed by atoms with E-state index in [2.05, 4.69) is 0 Å². The molecule has 2 aromatic carbocycles. The number of esters is 1. The van der Waals surface area contributed by atoms with Gasteiger partial charge in [-0.05, 0) is 30.7 Å². The molecule has 0 amide bonds. The van der Waals surface area contributed by atoms with Crippen LogP contribution in [0.4, 0.5) is 0 Å². The van der Waals surface area contributed by atoms with Gasteiger partial charge in [0.25, 0.3) is 0 Å². The number of furan rings is 1. The molecule has 0 unspecified atom stereocenters. The van der Waals surface area contributed by atoms with Gasteiger partial charge in [0.2, 0.25) is 0 Å². The molecule has 3 aromatic rings. The summed E-state index contributed by atoms with van der Waals surface area (Å²) in [4.78, 5) is 12.1. The summed E-state index contributed by atoms with van der Waals surface area (Å²) in [7, 11) is 0. The smallest absolute Gasteiger partial charge is 0.315 e. The van der Waals surface area contributed by atoms with Crippen LogP contribution < -0.4 is 4.74 Å². The van der Waals surface area contributed by atoms with E-state index in [-0.39, 0.29) is 12.2 Å². The number of carbonyl (C=O) groups is 1. The van der Waals surface area contributed by atoms with Gasteiger partial charge >= 0.3 is 5.97 Å². The lowest BCUT2D eigenvalue weighted by Gasteiger charge is -2.06. The first-order chi connectivity index (χ1) is 10.5. The molecule has 0 saturated carbocycles. The van der Waals surface area contributed by atoms with E-state index < -0.39 is 5.97 Å². The molecule has 22 heavy (non-hydrogen) atoms. The standard InChI is InChI=1S/C17H12Cl2O3/c1-10-2-4-13-11(9-21-15(13)6-10)7-17(20)22-16-8-12(18)3-5-14(16)19/h2-6,8-9H,7H2,1H3. The Morgan fingerprint density at radius 1 is 1.18 bits per heavy atom. The van der Waals surface area contributed by atoms with E-state index in [9.17, 15) is 4.79 Å². The van der Waals surface area contributed by atoms with Gasteiger partial charge in [0.05, 0.1) is 17.7 Å². The SMILES string of the molecule is Cc1ccc2c(CC(=O)Oc3cc(Cl)ccc3Cl)coc2c1. The van der Waals surface area contributed by atoms with Gasteiger partial charge in [-0.2, -0.15) is 0 Å². The van der Waals surface area contributed by atoms with Gasteiger partial charge in [0.15, 0.2) is 5.75 Å². The monoisotopic (exact) mass is 334 g/mol. The maximum atomic E-state index is 12.1. The van der Waals surface area contributed by atoms with Crippen molar-refractivity contribution < 1.29 is 13.9 Å². The molecule has 3 rings (SSSR count). The summed E-state index contributed by atoms with van der Waals surface area (Å²) in [5, 5.41) is 1.70. The molecule has 0 aliphatic carbocycles. The Bertz CT molecular complexity index is 852. The van der Waals surface area contributed by atoms with Crippen molar-refractivity contribution in [2.45, 2.75) is 13.3 Å². The average molecular weight is 335 g/mol. The van der Waals surface area contributed by atoms with Gasteiger partial charge in [-0.25, -0.2) is 0 Å². The second-order valence-electron chi connectivity index (χ2n) is 4.99. The van der Waals surface area contributed by atoms with E-state index in [1.165, 1.54) is 6.07 Å². The van der Waals surface area contributed by atoms with E-state index in [4.69, 9.17) is 32.4 Å². The maximum Gasteiger partial charge on any atom is 0.315 e. The van der Waals surface area contributed by atoms with E-state index in [0.29, 0.717) is 10.0 Å². The van der Waals surface area contributed by atoms with Gasteiger partial charge in [-0.3, -0.25) is 4.79 Å². The molecule has 0 N–H and O–H groups in total. The molecule has 0 fully saturated rings. The first-order valence-electron chi connectivity index (χ1n) is 6.65. The minimum atomic E-state index is -0.424. The second kappa shape index (κ2) is 6.03. The molecule has 1 aromatic heterocycles. The summed E-state index contributed by atoms with van der Waals surface area (Å²) in [6.45, 7) is 1.98. The third-order valence-corrected chi connectivity index (χ3v) is 3.81. The minimum absolute atomic E-state index is 0.0961. The molecule has 0 saturated heterocycles. The van der Waals surface area contributed by atoms with E-state index in [1.807, 2.05) is 25.1 Å². The zero-order chi connectivity index (χ0) is 15.7. The van der Waals surface area contributed by atoms with Crippen molar-refractivity contribution in [1.29, 1.82) is 0 Å². The summed E-state index contributed by atoms with van der Waals surface area (Å²) < 4.78 is 10.7. The topological polar surface area (TPSA) is 39.4 Å². The fourth-order valence-corrected chi connectivity index (χ4v) is 2.52. The Labute approximate surface area is 137 Å². The first-order valence-corrected chi connectivity index (χ1v) is 7.41. The highest BCUT2D eigenvalue weighted by molar-refractivity contribution is 6.34. The van der Waals surface area contributed by atoms with Crippen LogP contribution in [0.2, 0.25) is 10.0 Å². The van der Waals surface area contributed by atoms with E-state index in [1.54, 1.807) is 18.4 Å². The fourth-order valence-electron chi connectivity index (χ4n) is 2.20. The summed E-state index contributed by atoms with van der Waals surface area (Å²) in [6.07, 6.45) is 1.67.